The quantitative estimate of drug-likeness (QED) is 0.454. The average Bonchev–Trinajstić information content (AvgIpc) is 2.84. The summed E-state index contributed by atoms with van der Waals surface area (Å²) in [5, 5.41) is 16.4. The number of rotatable bonds is 8. The number of fused-ring (bicyclic) bond motifs is 3. The van der Waals surface area contributed by atoms with E-state index in [1.165, 1.54) is 6.07 Å². The number of nitrogens with one attached hydrogen (secondary N) is 2. The lowest BCUT2D eigenvalue weighted by atomic mass is 9.60. The number of hydrogen-bond donors (Lipinski definition) is 3. The Bertz CT molecular complexity index is 1150. The number of halogens is 5. The molecule has 3 aliphatic carbocycles. The fourth-order valence-corrected chi connectivity index (χ4v) is 4.81. The van der Waals surface area contributed by atoms with Crippen molar-refractivity contribution in [3.8, 4) is 11.5 Å². The molecule has 5 rings (SSSR count). The molecule has 0 aliphatic heterocycles. The van der Waals surface area contributed by atoms with Crippen molar-refractivity contribution in [3.63, 3.8) is 0 Å². The van der Waals surface area contributed by atoms with E-state index in [2.05, 4.69) is 15.6 Å². The van der Waals surface area contributed by atoms with E-state index in [9.17, 15) is 36.6 Å². The lowest BCUT2D eigenvalue weighted by Crippen LogP contribution is -2.70. The van der Waals surface area contributed by atoms with Crippen LogP contribution in [0.25, 0.3) is 0 Å². The number of benzene rings is 1. The van der Waals surface area contributed by atoms with Crippen LogP contribution in [-0.4, -0.2) is 52.3 Å². The van der Waals surface area contributed by atoms with Gasteiger partial charge in [0.15, 0.2) is 24.8 Å². The summed E-state index contributed by atoms with van der Waals surface area (Å²) in [7, 11) is 0. The number of carbonyl (C=O) groups is 2. The minimum atomic E-state index is -4.59. The third-order valence-corrected chi connectivity index (χ3v) is 6.77. The van der Waals surface area contributed by atoms with E-state index in [4.69, 9.17) is 9.47 Å². The minimum Gasteiger partial charge on any atom is -0.484 e. The van der Waals surface area contributed by atoms with E-state index in [0.717, 1.165) is 30.5 Å². The van der Waals surface area contributed by atoms with Gasteiger partial charge >= 0.3 is 6.18 Å². The van der Waals surface area contributed by atoms with Crippen LogP contribution in [0.15, 0.2) is 36.5 Å². The lowest BCUT2D eigenvalue weighted by Gasteiger charge is -2.56. The van der Waals surface area contributed by atoms with Gasteiger partial charge in [-0.1, -0.05) is 0 Å². The molecule has 0 radical (unpaired) electrons. The van der Waals surface area contributed by atoms with E-state index in [0.29, 0.717) is 25.7 Å². The van der Waals surface area contributed by atoms with Gasteiger partial charge in [0.05, 0.1) is 17.8 Å². The van der Waals surface area contributed by atoms with Crippen molar-refractivity contribution in [2.24, 2.45) is 0 Å². The van der Waals surface area contributed by atoms with Gasteiger partial charge in [0.25, 0.3) is 11.8 Å². The van der Waals surface area contributed by atoms with Crippen molar-refractivity contribution in [1.29, 1.82) is 0 Å². The van der Waals surface area contributed by atoms with Crippen molar-refractivity contribution < 1.29 is 46.1 Å². The Morgan fingerprint density at radius 1 is 0.946 bits per heavy atom. The van der Waals surface area contributed by atoms with Crippen LogP contribution in [0.5, 0.6) is 11.5 Å². The molecular formula is C24H24F5N3O5. The fraction of sp³-hybridized carbons (Fsp3) is 0.458. The summed E-state index contributed by atoms with van der Waals surface area (Å²) in [5.41, 5.74) is -2.71. The van der Waals surface area contributed by atoms with Crippen LogP contribution >= 0.6 is 0 Å². The van der Waals surface area contributed by atoms with Crippen LogP contribution in [-0.2, 0) is 15.8 Å². The van der Waals surface area contributed by atoms with Gasteiger partial charge < -0.3 is 25.2 Å². The molecule has 3 saturated carbocycles. The molecule has 1 aromatic heterocycles. The lowest BCUT2D eigenvalue weighted by molar-refractivity contribution is -0.141. The normalized spacial score (nSPS) is 24.9. The first-order valence-corrected chi connectivity index (χ1v) is 11.4. The molecule has 2 aromatic rings. The highest BCUT2D eigenvalue weighted by Crippen LogP contribution is 2.47. The highest BCUT2D eigenvalue weighted by atomic mass is 19.4. The van der Waals surface area contributed by atoms with E-state index >= 15 is 0 Å². The number of ether oxygens (including phenoxy) is 2. The molecule has 3 N–H and O–H groups in total. The van der Waals surface area contributed by atoms with E-state index in [1.54, 1.807) is 0 Å². The molecule has 3 fully saturated rings. The number of alkyl halides is 3. The van der Waals surface area contributed by atoms with Crippen molar-refractivity contribution in [2.75, 3.05) is 13.2 Å². The number of aliphatic hydroxyl groups excluding tert-OH is 1. The maximum absolute atomic E-state index is 13.3. The van der Waals surface area contributed by atoms with Crippen LogP contribution in [0, 0.1) is 11.6 Å². The van der Waals surface area contributed by atoms with Gasteiger partial charge in [0, 0.05) is 11.6 Å². The van der Waals surface area contributed by atoms with Gasteiger partial charge in [0.1, 0.15) is 17.2 Å². The first-order valence-electron chi connectivity index (χ1n) is 11.4. The Labute approximate surface area is 208 Å². The number of carbonyl (C=O) groups excluding carboxylic acids is 2. The number of pyridine rings is 1. The Morgan fingerprint density at radius 2 is 1.57 bits per heavy atom. The zero-order valence-electron chi connectivity index (χ0n) is 19.4. The van der Waals surface area contributed by atoms with Crippen LogP contribution < -0.4 is 20.1 Å². The van der Waals surface area contributed by atoms with Crippen LogP contribution in [0.4, 0.5) is 22.0 Å². The molecule has 0 saturated heterocycles. The summed E-state index contributed by atoms with van der Waals surface area (Å²) in [6.45, 7) is -0.911. The highest BCUT2D eigenvalue weighted by molar-refractivity contribution is 5.79. The zero-order chi connectivity index (χ0) is 26.8. The first-order chi connectivity index (χ1) is 17.4. The standard InChI is InChI=1S/C24H24F5N3O5/c25-16-3-1-14(9-17(16)26)36-12-20(34)31-22-5-7-23(8-6-22,19(33)10-22)32-21(35)13-37-15-2-4-18(30-11-15)24(27,28)29/h1-4,9,11,19,33H,5-8,10,12-13H2,(H,31,34)(H,32,35). The SMILES string of the molecule is O=C(COc1ccc(F)c(F)c1)NC12CCC(NC(=O)COc3ccc(C(F)(F)F)nc3)(CC1)C(O)C2. The molecule has 0 spiro atoms. The predicted octanol–water partition coefficient (Wildman–Crippen LogP) is 2.89. The third kappa shape index (κ3) is 6.09. The molecule has 1 unspecified atom stereocenters. The van der Waals surface area contributed by atoms with Crippen LogP contribution in [0.2, 0.25) is 0 Å². The third-order valence-electron chi connectivity index (χ3n) is 6.77. The smallest absolute Gasteiger partial charge is 0.433 e. The molecule has 2 bridgehead atoms. The topological polar surface area (TPSA) is 110 Å². The second-order valence-electron chi connectivity index (χ2n) is 9.28. The Kier molecular flexibility index (Phi) is 7.27. The zero-order valence-corrected chi connectivity index (χ0v) is 19.4. The largest absolute Gasteiger partial charge is 0.484 e. The van der Waals surface area contributed by atoms with Crippen molar-refractivity contribution in [1.82, 2.24) is 15.6 Å². The van der Waals surface area contributed by atoms with Crippen molar-refractivity contribution in [2.45, 2.75) is 55.5 Å². The monoisotopic (exact) mass is 529 g/mol. The summed E-state index contributed by atoms with van der Waals surface area (Å²) >= 11 is 0. The van der Waals surface area contributed by atoms with Gasteiger partial charge in [-0.25, -0.2) is 13.8 Å². The van der Waals surface area contributed by atoms with Crippen molar-refractivity contribution >= 4 is 11.8 Å². The fourth-order valence-electron chi connectivity index (χ4n) is 4.81. The van der Waals surface area contributed by atoms with Gasteiger partial charge in [-0.15, -0.1) is 0 Å². The van der Waals surface area contributed by atoms with Crippen LogP contribution in [0.3, 0.4) is 0 Å². The summed E-state index contributed by atoms with van der Waals surface area (Å²) < 4.78 is 74.6. The Hall–Kier alpha value is -3.48. The van der Waals surface area contributed by atoms with Gasteiger partial charge in [-0.05, 0) is 56.4 Å². The van der Waals surface area contributed by atoms with E-state index in [1.807, 2.05) is 0 Å². The summed E-state index contributed by atoms with van der Waals surface area (Å²) in [5.74, 6) is -3.20. The number of nitrogens with zero attached hydrogens (tertiary/aromatic N) is 1. The maximum Gasteiger partial charge on any atom is 0.433 e. The van der Waals surface area contributed by atoms with Crippen LogP contribution in [0.1, 0.15) is 37.8 Å². The van der Waals surface area contributed by atoms with E-state index in [-0.39, 0.29) is 17.9 Å². The minimum absolute atomic E-state index is 0.00472. The van der Waals surface area contributed by atoms with Gasteiger partial charge in [0.2, 0.25) is 0 Å². The van der Waals surface area contributed by atoms with Gasteiger partial charge in [-0.2, -0.15) is 13.2 Å². The molecule has 200 valence electrons. The average molecular weight is 529 g/mol. The van der Waals surface area contributed by atoms with E-state index < -0.39 is 65.7 Å². The highest BCUT2D eigenvalue weighted by Gasteiger charge is 2.55. The van der Waals surface area contributed by atoms with Crippen molar-refractivity contribution in [3.05, 3.63) is 53.9 Å². The summed E-state index contributed by atoms with van der Waals surface area (Å²) in [4.78, 5) is 28.2. The molecule has 1 atom stereocenters. The second kappa shape index (κ2) is 10.1. The molecule has 1 aromatic carbocycles. The number of amides is 2. The Balaban J connectivity index is 1.26. The number of hydrogen-bond acceptors (Lipinski definition) is 6. The second-order valence-corrected chi connectivity index (χ2v) is 9.28. The summed E-state index contributed by atoms with van der Waals surface area (Å²) in [6.07, 6.45) is -2.85. The molecule has 8 nitrogen and oxygen atoms in total. The number of aliphatic hydroxyl groups is 1. The molecule has 37 heavy (non-hydrogen) atoms. The predicted molar refractivity (Wildman–Crippen MR) is 117 cm³/mol. The van der Waals surface area contributed by atoms with Gasteiger partial charge in [-0.3, -0.25) is 9.59 Å². The molecule has 2 amide bonds. The Morgan fingerprint density at radius 3 is 2.14 bits per heavy atom. The maximum atomic E-state index is 13.3. The number of aromatic nitrogens is 1. The first kappa shape index (κ1) is 26.6. The molecule has 1 heterocycles. The molecular weight excluding hydrogens is 505 g/mol. The summed E-state index contributed by atoms with van der Waals surface area (Å²) in [6, 6.07) is 4.73. The molecule has 3 aliphatic rings. The molecule has 13 heteroatoms.